The summed E-state index contributed by atoms with van der Waals surface area (Å²) in [4.78, 5) is 16.6. The van der Waals surface area contributed by atoms with Gasteiger partial charge in [0.2, 0.25) is 0 Å². The van der Waals surface area contributed by atoms with Gasteiger partial charge in [-0.1, -0.05) is 108 Å². The van der Waals surface area contributed by atoms with Crippen LogP contribution in [0.3, 0.4) is 0 Å². The van der Waals surface area contributed by atoms with E-state index in [0.29, 0.717) is 25.7 Å². The number of carboxylic acid groups (broad SMARTS) is 1. The topological polar surface area (TPSA) is 112 Å². The van der Waals surface area contributed by atoms with Crippen molar-refractivity contribution in [1.29, 1.82) is 0 Å². The molecule has 1 aliphatic carbocycles. The second kappa shape index (κ2) is 17.7. The highest BCUT2D eigenvalue weighted by molar-refractivity contribution is 5.70. The zero-order valence-electron chi connectivity index (χ0n) is 25.2. The summed E-state index contributed by atoms with van der Waals surface area (Å²) in [6.07, 6.45) is 16.4. The number of carbonyl (C=O) groups is 1. The van der Waals surface area contributed by atoms with E-state index < -0.39 is 23.6 Å². The predicted octanol–water partition coefficient (Wildman–Crippen LogP) is 7.29. The number of unbranched alkanes of at least 4 members (excludes halogenated alkanes) is 7. The summed E-state index contributed by atoms with van der Waals surface area (Å²) in [6.45, 7) is 2.20. The third kappa shape index (κ3) is 11.2. The van der Waals surface area contributed by atoms with Crippen molar-refractivity contribution < 1.29 is 25.2 Å². The molecule has 1 aliphatic rings. The molecule has 1 fully saturated rings. The molecule has 1 heterocycles. The molecule has 3 rings (SSSR count). The van der Waals surface area contributed by atoms with Crippen molar-refractivity contribution in [3.63, 3.8) is 0 Å². The Morgan fingerprint density at radius 3 is 2.24 bits per heavy atom. The summed E-state index contributed by atoms with van der Waals surface area (Å²) in [5.74, 6) is -1.71. The van der Waals surface area contributed by atoms with Gasteiger partial charge in [0.1, 0.15) is 0 Å². The Balaban J connectivity index is 1.37. The van der Waals surface area contributed by atoms with Gasteiger partial charge < -0.3 is 25.4 Å². The summed E-state index contributed by atoms with van der Waals surface area (Å²) in [6, 6.07) is 12.2. The summed E-state index contributed by atoms with van der Waals surface area (Å²) in [5.41, 5.74) is 2.28. The fraction of sp³-hybridized carbons (Fsp3) is 0.686. The van der Waals surface area contributed by atoms with E-state index in [1.165, 1.54) is 25.7 Å². The lowest BCUT2D eigenvalue weighted by Gasteiger charge is -2.33. The van der Waals surface area contributed by atoms with Crippen LogP contribution in [0.1, 0.15) is 122 Å². The molecule has 1 saturated carbocycles. The van der Waals surface area contributed by atoms with Crippen LogP contribution in [0.4, 0.5) is 0 Å². The highest BCUT2D eigenvalue weighted by Gasteiger charge is 2.41. The van der Waals surface area contributed by atoms with Crippen LogP contribution in [-0.2, 0) is 11.2 Å². The highest BCUT2D eigenvalue weighted by Crippen LogP contribution is 2.41. The maximum Gasteiger partial charge on any atom is 0.309 e. The number of carboxylic acids is 1. The van der Waals surface area contributed by atoms with E-state index in [0.717, 1.165) is 74.6 Å². The first kappa shape index (κ1) is 33.4. The first-order valence-corrected chi connectivity index (χ1v) is 16.3. The molecule has 5 atom stereocenters. The molecule has 0 aliphatic heterocycles. The Morgan fingerprint density at radius 1 is 0.927 bits per heavy atom. The van der Waals surface area contributed by atoms with E-state index in [2.05, 4.69) is 30.1 Å². The number of benzene rings is 1. The largest absolute Gasteiger partial charge is 0.667 e. The Bertz CT molecular complexity index is 991. The number of aromatic nitrogens is 1. The highest BCUT2D eigenvalue weighted by atomic mass is 16.4. The molecule has 0 amide bonds. The third-order valence-corrected chi connectivity index (χ3v) is 9.27. The van der Waals surface area contributed by atoms with Crippen molar-refractivity contribution in [2.24, 2.45) is 11.8 Å². The van der Waals surface area contributed by atoms with Crippen LogP contribution in [-0.4, -0.2) is 44.2 Å². The van der Waals surface area contributed by atoms with Crippen molar-refractivity contribution in [3.05, 3.63) is 48.3 Å². The van der Waals surface area contributed by atoms with Crippen LogP contribution < -0.4 is 4.98 Å². The molecular formula is C35H54NO5-. The lowest BCUT2D eigenvalue weighted by atomic mass is 9.81. The summed E-state index contributed by atoms with van der Waals surface area (Å²) >= 11 is 0. The van der Waals surface area contributed by atoms with Crippen molar-refractivity contribution in [1.82, 2.24) is 4.98 Å². The maximum atomic E-state index is 12.0. The number of nitrogens with zero attached hydrogens (tertiary/aromatic N) is 1. The lowest BCUT2D eigenvalue weighted by molar-refractivity contribution is -0.146. The molecular weight excluding hydrogens is 514 g/mol. The zero-order chi connectivity index (χ0) is 29.5. The van der Waals surface area contributed by atoms with E-state index in [-0.39, 0.29) is 18.4 Å². The number of aliphatic carboxylic acids is 1. The van der Waals surface area contributed by atoms with Gasteiger partial charge >= 0.3 is 5.97 Å². The maximum absolute atomic E-state index is 12.0. The average Bonchev–Trinajstić information content (AvgIpc) is 3.58. The first-order chi connectivity index (χ1) is 19.8. The average molecular weight is 569 g/mol. The van der Waals surface area contributed by atoms with E-state index >= 15 is 0 Å². The summed E-state index contributed by atoms with van der Waals surface area (Å²) in [5, 5.41) is 42.3. The molecule has 0 spiro atoms. The second-order valence-corrected chi connectivity index (χ2v) is 12.5. The monoisotopic (exact) mass is 568 g/mol. The van der Waals surface area contributed by atoms with E-state index in [4.69, 9.17) is 0 Å². The minimum absolute atomic E-state index is 0.0585. The number of hydrogen-bond donors (Lipinski definition) is 4. The van der Waals surface area contributed by atoms with Gasteiger partial charge in [-0.25, -0.2) is 0 Å². The fourth-order valence-electron chi connectivity index (χ4n) is 6.61. The van der Waals surface area contributed by atoms with E-state index in [1.54, 1.807) is 0 Å². The molecule has 0 unspecified atom stereocenters. The number of aliphatic hydroxyl groups excluding tert-OH is 2. The van der Waals surface area contributed by atoms with Gasteiger partial charge in [0.15, 0.2) is 0 Å². The summed E-state index contributed by atoms with van der Waals surface area (Å²) in [7, 11) is 0. The second-order valence-electron chi connectivity index (χ2n) is 12.5. The predicted molar refractivity (Wildman–Crippen MR) is 165 cm³/mol. The van der Waals surface area contributed by atoms with Crippen LogP contribution in [0.5, 0.6) is 0 Å². The van der Waals surface area contributed by atoms with Crippen LogP contribution >= 0.6 is 0 Å². The Morgan fingerprint density at radius 2 is 1.59 bits per heavy atom. The van der Waals surface area contributed by atoms with E-state index in [9.17, 15) is 25.2 Å². The van der Waals surface area contributed by atoms with Crippen molar-refractivity contribution in [2.75, 3.05) is 0 Å². The normalized spacial score (nSPS) is 21.1. The molecule has 1 aromatic carbocycles. The summed E-state index contributed by atoms with van der Waals surface area (Å²) < 4.78 is 0. The molecule has 6 nitrogen and oxygen atoms in total. The lowest BCUT2D eigenvalue weighted by Crippen LogP contribution is -2.37. The number of rotatable bonds is 21. The van der Waals surface area contributed by atoms with Gasteiger partial charge in [-0.15, -0.1) is 0 Å². The van der Waals surface area contributed by atoms with Crippen molar-refractivity contribution >= 4 is 5.97 Å². The third-order valence-electron chi connectivity index (χ3n) is 9.27. The first-order valence-electron chi connectivity index (χ1n) is 16.3. The van der Waals surface area contributed by atoms with Crippen LogP contribution in [0, 0.1) is 11.8 Å². The molecule has 1 aromatic heterocycles. The van der Waals surface area contributed by atoms with Gasteiger partial charge in [0.05, 0.1) is 23.7 Å². The fourth-order valence-corrected chi connectivity index (χ4v) is 6.61. The minimum Gasteiger partial charge on any atom is -0.667 e. The van der Waals surface area contributed by atoms with Crippen LogP contribution in [0.15, 0.2) is 42.6 Å². The molecule has 0 saturated heterocycles. The minimum atomic E-state index is -0.964. The molecule has 230 valence electrons. The Labute approximate surface area is 247 Å². The molecule has 41 heavy (non-hydrogen) atoms. The molecule has 0 bridgehead atoms. The molecule has 4 N–H and O–H groups in total. The SMILES string of the molecule is CCCCCCC[C@H](O)CCCCCC[C@H](C(=O)O)[C@H](O)CC[C@@]1(O)CCC[C@H]1Cc1cc(-c2ccccc2)c[n-]1. The van der Waals surface area contributed by atoms with Crippen molar-refractivity contribution in [2.45, 2.75) is 140 Å². The van der Waals surface area contributed by atoms with Gasteiger partial charge in [-0.2, -0.15) is 11.9 Å². The number of hydrogen-bond acceptors (Lipinski definition) is 4. The van der Waals surface area contributed by atoms with Gasteiger partial charge in [-0.05, 0) is 68.4 Å². The number of aliphatic hydroxyl groups is 3. The molecule has 6 heteroatoms. The Hall–Kier alpha value is -2.15. The quantitative estimate of drug-likeness (QED) is 0.118. The van der Waals surface area contributed by atoms with Gasteiger partial charge in [0.25, 0.3) is 0 Å². The molecule has 2 aromatic rings. The zero-order valence-corrected chi connectivity index (χ0v) is 25.2. The van der Waals surface area contributed by atoms with Gasteiger partial charge in [-0.3, -0.25) is 4.79 Å². The smallest absolute Gasteiger partial charge is 0.309 e. The van der Waals surface area contributed by atoms with Crippen LogP contribution in [0.2, 0.25) is 0 Å². The van der Waals surface area contributed by atoms with Crippen LogP contribution in [0.25, 0.3) is 11.1 Å². The Kier molecular flexibility index (Phi) is 14.4. The van der Waals surface area contributed by atoms with Crippen molar-refractivity contribution in [3.8, 4) is 11.1 Å². The van der Waals surface area contributed by atoms with E-state index in [1.807, 2.05) is 24.4 Å². The van der Waals surface area contributed by atoms with Gasteiger partial charge in [0, 0.05) is 0 Å². The molecule has 0 radical (unpaired) electrons. The standard InChI is InChI=1S/C35H54NO5/c1-2-3-4-5-11-18-31(37)19-12-6-7-13-20-32(34(39)40)33(38)21-23-35(41)22-14-17-29(35)25-30-24-28(26-36-30)27-15-9-8-10-16-27/h8-10,15-16,24,26,29,31-33,37-38,41H,2-7,11-14,17-23,25H2,1H3,(H,39,40)/q-1/t29-,31-,32-,33+,35-/m0/s1.